The van der Waals surface area contributed by atoms with Gasteiger partial charge in [0.15, 0.2) is 0 Å². The average molecular weight is 470 g/mol. The number of rotatable bonds is 6. The molecule has 2 heterocycles. The number of benzene rings is 3. The summed E-state index contributed by atoms with van der Waals surface area (Å²) in [5, 5.41) is 19.8. The van der Waals surface area contributed by atoms with E-state index in [1.54, 1.807) is 24.3 Å². The van der Waals surface area contributed by atoms with Gasteiger partial charge in [-0.05, 0) is 92.0 Å². The second-order valence-corrected chi connectivity index (χ2v) is 9.16. The SMILES string of the molecule is CC1=C(c2ccc(O)cc2)/C(=C/c2ccc(OCCN3CCCCC3)cc2)Oc2cc(O)ccc21. The summed E-state index contributed by atoms with van der Waals surface area (Å²) in [6.07, 6.45) is 5.91. The second-order valence-electron chi connectivity index (χ2n) is 9.16. The number of fused-ring (bicyclic) bond motifs is 1. The molecule has 0 saturated carbocycles. The number of hydrogen-bond donors (Lipinski definition) is 2. The van der Waals surface area contributed by atoms with Crippen molar-refractivity contribution in [3.05, 3.63) is 89.2 Å². The highest BCUT2D eigenvalue weighted by Crippen LogP contribution is 2.44. The first kappa shape index (κ1) is 23.1. The van der Waals surface area contributed by atoms with Gasteiger partial charge in [0.25, 0.3) is 0 Å². The normalized spacial score (nSPS) is 17.2. The van der Waals surface area contributed by atoms with E-state index in [0.717, 1.165) is 40.1 Å². The molecule has 0 radical (unpaired) electrons. The van der Waals surface area contributed by atoms with Crippen LogP contribution in [-0.2, 0) is 0 Å². The van der Waals surface area contributed by atoms with Gasteiger partial charge >= 0.3 is 0 Å². The number of piperidine rings is 1. The van der Waals surface area contributed by atoms with Crippen molar-refractivity contribution in [3.63, 3.8) is 0 Å². The Hall–Kier alpha value is -3.70. The van der Waals surface area contributed by atoms with Gasteiger partial charge in [-0.3, -0.25) is 4.90 Å². The molecule has 3 aromatic rings. The molecule has 5 nitrogen and oxygen atoms in total. The van der Waals surface area contributed by atoms with E-state index >= 15 is 0 Å². The quantitative estimate of drug-likeness (QED) is 0.442. The van der Waals surface area contributed by atoms with Crippen LogP contribution in [0.3, 0.4) is 0 Å². The summed E-state index contributed by atoms with van der Waals surface area (Å²) in [4.78, 5) is 2.47. The third kappa shape index (κ3) is 5.36. The van der Waals surface area contributed by atoms with Crippen molar-refractivity contribution in [2.45, 2.75) is 26.2 Å². The molecule has 0 spiro atoms. The molecule has 0 bridgehead atoms. The Labute approximate surface area is 206 Å². The largest absolute Gasteiger partial charge is 0.508 e. The third-order valence-electron chi connectivity index (χ3n) is 6.67. The van der Waals surface area contributed by atoms with Crippen LogP contribution >= 0.6 is 0 Å². The van der Waals surface area contributed by atoms with Crippen molar-refractivity contribution in [2.75, 3.05) is 26.2 Å². The first-order valence-electron chi connectivity index (χ1n) is 12.3. The zero-order valence-corrected chi connectivity index (χ0v) is 20.0. The number of nitrogens with zero attached hydrogens (tertiary/aromatic N) is 1. The highest BCUT2D eigenvalue weighted by atomic mass is 16.5. The van der Waals surface area contributed by atoms with Crippen molar-refractivity contribution in [1.82, 2.24) is 4.90 Å². The van der Waals surface area contributed by atoms with Gasteiger partial charge in [-0.1, -0.05) is 30.7 Å². The molecule has 5 rings (SSSR count). The molecular weight excluding hydrogens is 438 g/mol. The van der Waals surface area contributed by atoms with Crippen molar-refractivity contribution in [3.8, 4) is 23.0 Å². The summed E-state index contributed by atoms with van der Waals surface area (Å²) in [6, 6.07) is 20.3. The Bertz CT molecular complexity index is 1240. The molecule has 2 N–H and O–H groups in total. The Morgan fingerprint density at radius 3 is 2.34 bits per heavy atom. The first-order chi connectivity index (χ1) is 17.1. The van der Waals surface area contributed by atoms with E-state index in [1.807, 2.05) is 55.5 Å². The first-order valence-corrected chi connectivity index (χ1v) is 12.3. The van der Waals surface area contributed by atoms with Crippen LogP contribution in [0.5, 0.6) is 23.0 Å². The van der Waals surface area contributed by atoms with E-state index in [4.69, 9.17) is 9.47 Å². The minimum atomic E-state index is 0.162. The fraction of sp³-hybridized carbons (Fsp3) is 0.267. The Morgan fingerprint density at radius 1 is 0.886 bits per heavy atom. The third-order valence-corrected chi connectivity index (χ3v) is 6.67. The lowest BCUT2D eigenvalue weighted by Crippen LogP contribution is -2.33. The van der Waals surface area contributed by atoms with Gasteiger partial charge in [0.1, 0.15) is 35.4 Å². The number of hydrogen-bond acceptors (Lipinski definition) is 5. The van der Waals surface area contributed by atoms with Gasteiger partial charge in [0.2, 0.25) is 0 Å². The number of aromatic hydroxyl groups is 2. The van der Waals surface area contributed by atoms with E-state index in [2.05, 4.69) is 4.90 Å². The topological polar surface area (TPSA) is 62.2 Å². The van der Waals surface area contributed by atoms with E-state index in [9.17, 15) is 10.2 Å². The summed E-state index contributed by atoms with van der Waals surface area (Å²) in [5.74, 6) is 2.54. The van der Waals surface area contributed by atoms with Crippen molar-refractivity contribution in [1.29, 1.82) is 0 Å². The molecule has 5 heteroatoms. The summed E-state index contributed by atoms with van der Waals surface area (Å²) >= 11 is 0. The van der Waals surface area contributed by atoms with Crippen LogP contribution in [-0.4, -0.2) is 41.4 Å². The number of ether oxygens (including phenoxy) is 2. The Morgan fingerprint density at radius 2 is 1.60 bits per heavy atom. The van der Waals surface area contributed by atoms with Gasteiger partial charge in [0.05, 0.1) is 0 Å². The summed E-state index contributed by atoms with van der Waals surface area (Å²) in [5.41, 5.74) is 4.85. The fourth-order valence-corrected chi connectivity index (χ4v) is 4.77. The zero-order valence-electron chi connectivity index (χ0n) is 20.0. The van der Waals surface area contributed by atoms with E-state index in [1.165, 1.54) is 32.4 Å². The molecular formula is C30H31NO4. The molecule has 1 saturated heterocycles. The zero-order chi connectivity index (χ0) is 24.2. The van der Waals surface area contributed by atoms with Gasteiger partial charge in [-0.2, -0.15) is 0 Å². The second kappa shape index (κ2) is 10.3. The minimum absolute atomic E-state index is 0.162. The maximum Gasteiger partial charge on any atom is 0.138 e. The summed E-state index contributed by atoms with van der Waals surface area (Å²) in [7, 11) is 0. The lowest BCUT2D eigenvalue weighted by atomic mass is 9.91. The molecule has 3 aromatic carbocycles. The molecule has 0 aromatic heterocycles. The molecule has 0 atom stereocenters. The molecule has 35 heavy (non-hydrogen) atoms. The van der Waals surface area contributed by atoms with Gasteiger partial charge < -0.3 is 19.7 Å². The highest BCUT2D eigenvalue weighted by molar-refractivity contribution is 6.02. The van der Waals surface area contributed by atoms with Crippen molar-refractivity contribution < 1.29 is 19.7 Å². The van der Waals surface area contributed by atoms with Gasteiger partial charge in [-0.15, -0.1) is 0 Å². The van der Waals surface area contributed by atoms with E-state index in [0.29, 0.717) is 18.1 Å². The smallest absolute Gasteiger partial charge is 0.138 e. The number of likely N-dealkylation sites (tertiary alicyclic amines) is 1. The van der Waals surface area contributed by atoms with Crippen LogP contribution in [0.4, 0.5) is 0 Å². The minimum Gasteiger partial charge on any atom is -0.508 e. The Kier molecular flexibility index (Phi) is 6.77. The monoisotopic (exact) mass is 469 g/mol. The van der Waals surface area contributed by atoms with Gasteiger partial charge in [0, 0.05) is 23.7 Å². The lowest BCUT2D eigenvalue weighted by Gasteiger charge is -2.26. The van der Waals surface area contributed by atoms with Crippen LogP contribution in [0.2, 0.25) is 0 Å². The van der Waals surface area contributed by atoms with Crippen LogP contribution in [0, 0.1) is 0 Å². The average Bonchev–Trinajstić information content (AvgIpc) is 2.87. The maximum atomic E-state index is 9.99. The molecule has 1 fully saturated rings. The number of phenols is 2. The molecule has 0 amide bonds. The van der Waals surface area contributed by atoms with Crippen molar-refractivity contribution >= 4 is 17.2 Å². The molecule has 0 unspecified atom stereocenters. The van der Waals surface area contributed by atoms with Crippen molar-refractivity contribution in [2.24, 2.45) is 0 Å². The summed E-state index contributed by atoms with van der Waals surface area (Å²) in [6.45, 7) is 6.05. The summed E-state index contributed by atoms with van der Waals surface area (Å²) < 4.78 is 12.3. The number of phenolic OH excluding ortho intramolecular Hbond substituents is 2. The fourth-order valence-electron chi connectivity index (χ4n) is 4.77. The predicted octanol–water partition coefficient (Wildman–Crippen LogP) is 6.33. The van der Waals surface area contributed by atoms with Crippen LogP contribution in [0.15, 0.2) is 72.5 Å². The highest BCUT2D eigenvalue weighted by Gasteiger charge is 2.24. The Balaban J connectivity index is 1.38. The maximum absolute atomic E-state index is 9.99. The van der Waals surface area contributed by atoms with Crippen LogP contribution < -0.4 is 9.47 Å². The van der Waals surface area contributed by atoms with E-state index in [-0.39, 0.29) is 11.5 Å². The van der Waals surface area contributed by atoms with Crippen LogP contribution in [0.1, 0.15) is 42.9 Å². The predicted molar refractivity (Wildman–Crippen MR) is 140 cm³/mol. The molecule has 2 aliphatic rings. The van der Waals surface area contributed by atoms with Crippen LogP contribution in [0.25, 0.3) is 17.2 Å². The standard InChI is InChI=1S/C30H31NO4/c1-21-27-14-11-25(33)20-28(27)35-29(30(21)23-7-9-24(32)10-8-23)19-22-5-12-26(13-6-22)34-18-17-31-15-3-2-4-16-31/h5-14,19-20,32-33H,2-4,15-18H2,1H3/b29-19-. The molecule has 0 aliphatic carbocycles. The molecule has 2 aliphatic heterocycles. The van der Waals surface area contributed by atoms with E-state index < -0.39 is 0 Å². The molecule has 180 valence electrons. The number of allylic oxidation sites excluding steroid dienone is 2. The lowest BCUT2D eigenvalue weighted by molar-refractivity contribution is 0.183. The van der Waals surface area contributed by atoms with Gasteiger partial charge in [-0.25, -0.2) is 0 Å².